The highest BCUT2D eigenvalue weighted by Crippen LogP contribution is 2.68. The third-order valence-electron chi connectivity index (χ3n) is 8.46. The SMILES string of the molecule is CC[C@@H]1[C@H]2C[C@@H]3[C@H]4N(C)c5ccccc5[C@@]45C[C@@H]([C@H]2[C@@H]5O)N3[C@H]1O. The molecule has 4 nitrogen and oxygen atoms in total. The maximum absolute atomic E-state index is 11.6. The van der Waals surface area contributed by atoms with Gasteiger partial charge in [-0.25, -0.2) is 0 Å². The number of hydrogen-bond acceptors (Lipinski definition) is 4. The lowest BCUT2D eigenvalue weighted by Gasteiger charge is -2.62. The molecule has 0 aromatic heterocycles. The van der Waals surface area contributed by atoms with Crippen LogP contribution in [0.5, 0.6) is 0 Å². The predicted octanol–water partition coefficient (Wildman–Crippen LogP) is 1.55. The van der Waals surface area contributed by atoms with Gasteiger partial charge in [-0.05, 0) is 36.8 Å². The summed E-state index contributed by atoms with van der Waals surface area (Å²) >= 11 is 0. The molecule has 1 spiro atoms. The molecule has 0 radical (unpaired) electrons. The fourth-order valence-corrected chi connectivity index (χ4v) is 7.88. The molecule has 1 saturated carbocycles. The van der Waals surface area contributed by atoms with Crippen LogP contribution in [0.2, 0.25) is 0 Å². The normalized spacial score (nSPS) is 55.8. The Bertz CT molecular complexity index is 723. The van der Waals surface area contributed by atoms with Crippen molar-refractivity contribution in [3.8, 4) is 0 Å². The number of piperidine rings is 4. The Balaban J connectivity index is 1.60. The monoisotopic (exact) mass is 326 g/mol. The maximum Gasteiger partial charge on any atom is 0.111 e. The first-order valence-corrected chi connectivity index (χ1v) is 9.57. The minimum Gasteiger partial charge on any atom is -0.392 e. The number of aliphatic hydroxyl groups excluding tert-OH is 2. The zero-order chi connectivity index (χ0) is 16.4. The molecule has 24 heavy (non-hydrogen) atoms. The van der Waals surface area contributed by atoms with Crippen molar-refractivity contribution in [2.45, 2.75) is 62.1 Å². The van der Waals surface area contributed by atoms with Gasteiger partial charge >= 0.3 is 0 Å². The van der Waals surface area contributed by atoms with Crippen LogP contribution in [0.1, 0.15) is 31.7 Å². The van der Waals surface area contributed by atoms with Gasteiger partial charge in [0.2, 0.25) is 0 Å². The number of hydrogen-bond donors (Lipinski definition) is 2. The maximum atomic E-state index is 11.6. The average molecular weight is 326 g/mol. The molecule has 1 aromatic rings. The Morgan fingerprint density at radius 2 is 2.00 bits per heavy atom. The highest BCUT2D eigenvalue weighted by atomic mass is 16.3. The van der Waals surface area contributed by atoms with E-state index in [1.807, 2.05) is 0 Å². The molecule has 1 aromatic carbocycles. The third-order valence-corrected chi connectivity index (χ3v) is 8.46. The molecular formula is C20H26N2O2. The van der Waals surface area contributed by atoms with Gasteiger partial charge in [0.1, 0.15) is 6.23 Å². The Kier molecular flexibility index (Phi) is 2.45. The summed E-state index contributed by atoms with van der Waals surface area (Å²) in [6.07, 6.45) is 2.56. The molecule has 4 heteroatoms. The smallest absolute Gasteiger partial charge is 0.111 e. The minimum atomic E-state index is -0.319. The van der Waals surface area contributed by atoms with Gasteiger partial charge < -0.3 is 15.1 Å². The quantitative estimate of drug-likeness (QED) is 0.822. The van der Waals surface area contributed by atoms with Crippen LogP contribution in [-0.2, 0) is 5.41 Å². The lowest BCUT2D eigenvalue weighted by atomic mass is 9.62. The highest BCUT2D eigenvalue weighted by molar-refractivity contribution is 5.67. The van der Waals surface area contributed by atoms with Crippen molar-refractivity contribution >= 4 is 5.69 Å². The Labute approximate surface area is 143 Å². The summed E-state index contributed by atoms with van der Waals surface area (Å²) in [5.74, 6) is 1.14. The van der Waals surface area contributed by atoms with Gasteiger partial charge in [-0.3, -0.25) is 4.90 Å². The Morgan fingerprint density at radius 1 is 1.21 bits per heavy atom. The van der Waals surface area contributed by atoms with E-state index in [2.05, 4.69) is 48.0 Å². The molecule has 1 aliphatic carbocycles. The zero-order valence-corrected chi connectivity index (χ0v) is 14.3. The van der Waals surface area contributed by atoms with Gasteiger partial charge in [-0.2, -0.15) is 0 Å². The molecule has 5 heterocycles. The summed E-state index contributed by atoms with van der Waals surface area (Å²) in [5.41, 5.74) is 2.51. The predicted molar refractivity (Wildman–Crippen MR) is 91.7 cm³/mol. The van der Waals surface area contributed by atoms with Crippen LogP contribution in [-0.4, -0.2) is 52.6 Å². The van der Waals surface area contributed by atoms with Crippen LogP contribution in [0.4, 0.5) is 5.69 Å². The van der Waals surface area contributed by atoms with Crippen molar-refractivity contribution in [1.82, 2.24) is 4.90 Å². The molecule has 2 N–H and O–H groups in total. The summed E-state index contributed by atoms with van der Waals surface area (Å²) in [7, 11) is 2.19. The minimum absolute atomic E-state index is 0.126. The van der Waals surface area contributed by atoms with Gasteiger partial charge in [0, 0.05) is 42.1 Å². The van der Waals surface area contributed by atoms with Crippen LogP contribution in [0.15, 0.2) is 24.3 Å². The molecule has 4 saturated heterocycles. The molecule has 128 valence electrons. The van der Waals surface area contributed by atoms with E-state index in [9.17, 15) is 10.2 Å². The largest absolute Gasteiger partial charge is 0.392 e. The van der Waals surface area contributed by atoms with E-state index in [4.69, 9.17) is 0 Å². The lowest BCUT2D eigenvalue weighted by Crippen LogP contribution is -2.72. The van der Waals surface area contributed by atoms with Crippen LogP contribution in [0, 0.1) is 17.8 Å². The van der Waals surface area contributed by atoms with Crippen molar-refractivity contribution in [3.63, 3.8) is 0 Å². The van der Waals surface area contributed by atoms with E-state index >= 15 is 0 Å². The fourth-order valence-electron chi connectivity index (χ4n) is 7.88. The van der Waals surface area contributed by atoms with E-state index < -0.39 is 0 Å². The first kappa shape index (κ1) is 14.1. The molecule has 5 fully saturated rings. The van der Waals surface area contributed by atoms with E-state index in [1.54, 1.807) is 0 Å². The number of nitrogens with zero attached hydrogens (tertiary/aromatic N) is 2. The molecular weight excluding hydrogens is 300 g/mol. The summed E-state index contributed by atoms with van der Waals surface area (Å²) < 4.78 is 0. The second kappa shape index (κ2) is 4.17. The van der Waals surface area contributed by atoms with Crippen molar-refractivity contribution in [2.75, 3.05) is 11.9 Å². The zero-order valence-electron chi connectivity index (χ0n) is 14.3. The fraction of sp³-hybridized carbons (Fsp3) is 0.700. The van der Waals surface area contributed by atoms with Gasteiger partial charge in [0.15, 0.2) is 0 Å². The number of likely N-dealkylation sites (N-methyl/N-ethyl adjacent to an activating group) is 1. The van der Waals surface area contributed by atoms with Crippen LogP contribution in [0.3, 0.4) is 0 Å². The number of para-hydroxylation sites is 1. The Morgan fingerprint density at radius 3 is 2.79 bits per heavy atom. The number of aliphatic hydroxyl groups is 2. The highest BCUT2D eigenvalue weighted by Gasteiger charge is 2.76. The van der Waals surface area contributed by atoms with Crippen LogP contribution < -0.4 is 4.90 Å². The number of rotatable bonds is 1. The molecule has 1 unspecified atom stereocenters. The summed E-state index contributed by atoms with van der Waals surface area (Å²) in [5, 5.41) is 22.6. The summed E-state index contributed by atoms with van der Waals surface area (Å²) in [6.45, 7) is 2.19. The van der Waals surface area contributed by atoms with Crippen LogP contribution >= 0.6 is 0 Å². The number of benzene rings is 1. The molecule has 0 amide bonds. The first-order valence-electron chi connectivity index (χ1n) is 9.57. The topological polar surface area (TPSA) is 46.9 Å². The van der Waals surface area contributed by atoms with Crippen molar-refractivity contribution in [2.24, 2.45) is 17.8 Å². The summed E-state index contributed by atoms with van der Waals surface area (Å²) in [4.78, 5) is 4.83. The van der Waals surface area contributed by atoms with Crippen molar-refractivity contribution in [1.29, 1.82) is 0 Å². The molecule has 6 aliphatic rings. The molecule has 5 aliphatic heterocycles. The number of anilines is 1. The van der Waals surface area contributed by atoms with Crippen LogP contribution in [0.25, 0.3) is 0 Å². The van der Waals surface area contributed by atoms with Gasteiger partial charge in [-0.1, -0.05) is 25.1 Å². The van der Waals surface area contributed by atoms with Gasteiger partial charge in [-0.15, -0.1) is 0 Å². The standard InChI is InChI=1S/C20H26N2O2/c1-3-10-11-8-14-17-20(12-6-4-5-7-13(12)21(17)2)9-15(16(11)18(20)23)22(14)19(10)24/h4-7,10-11,14-19,23-24H,3,8-9H2,1-2H3/t10-,11-,14-,15+,16+,17-,18+,19+,20+/m1/s1. The Hall–Kier alpha value is -1.10. The summed E-state index contributed by atoms with van der Waals surface area (Å²) in [6, 6.07) is 9.70. The van der Waals surface area contributed by atoms with Gasteiger partial charge in [0.25, 0.3) is 0 Å². The third kappa shape index (κ3) is 1.20. The van der Waals surface area contributed by atoms with E-state index in [1.165, 1.54) is 11.3 Å². The second-order valence-corrected chi connectivity index (χ2v) is 8.81. The van der Waals surface area contributed by atoms with E-state index in [0.717, 1.165) is 19.3 Å². The van der Waals surface area contributed by atoms with Gasteiger partial charge in [0.05, 0.1) is 12.1 Å². The molecule has 10 atom stereocenters. The molecule has 7 rings (SSSR count). The second-order valence-electron chi connectivity index (χ2n) is 8.81. The van der Waals surface area contributed by atoms with Crippen molar-refractivity contribution in [3.05, 3.63) is 29.8 Å². The van der Waals surface area contributed by atoms with Crippen molar-refractivity contribution < 1.29 is 10.2 Å². The first-order chi connectivity index (χ1) is 11.6. The molecule has 5 bridgehead atoms. The van der Waals surface area contributed by atoms with E-state index in [0.29, 0.717) is 35.9 Å². The average Bonchev–Trinajstić information content (AvgIpc) is 2.97. The number of fused-ring (bicyclic) bond motifs is 2. The lowest BCUT2D eigenvalue weighted by molar-refractivity contribution is -0.211. The van der Waals surface area contributed by atoms with E-state index in [-0.39, 0.29) is 17.7 Å².